The molecule has 0 bridgehead atoms. The van der Waals surface area contributed by atoms with E-state index >= 15 is 0 Å². The molecule has 3 N–H and O–H groups in total. The lowest BCUT2D eigenvalue weighted by Gasteiger charge is -2.34. The van der Waals surface area contributed by atoms with Gasteiger partial charge in [-0.15, -0.1) is 0 Å². The molecule has 22 heavy (non-hydrogen) atoms. The number of primary amides is 1. The molecule has 0 saturated carbocycles. The molecule has 7 heteroatoms. The summed E-state index contributed by atoms with van der Waals surface area (Å²) in [4.78, 5) is 27.1. The molecule has 0 spiro atoms. The average molecular weight is 308 g/mol. The largest absolute Gasteiger partial charge is 0.374 e. The van der Waals surface area contributed by atoms with Crippen molar-refractivity contribution in [2.24, 2.45) is 5.73 Å². The fourth-order valence-corrected chi connectivity index (χ4v) is 2.49. The lowest BCUT2D eigenvalue weighted by atomic mass is 10.1. The number of nitrogens with two attached hydrogens (primary N) is 1. The Labute approximate surface area is 129 Å². The minimum absolute atomic E-state index is 0.0979. The molecule has 1 aromatic carbocycles. The van der Waals surface area contributed by atoms with Crippen molar-refractivity contribution in [3.63, 3.8) is 0 Å². The Morgan fingerprint density at radius 1 is 1.41 bits per heavy atom. The number of anilines is 1. The molecule has 6 nitrogen and oxygen atoms in total. The van der Waals surface area contributed by atoms with Gasteiger partial charge in [0.25, 0.3) is 0 Å². The fraction of sp³-hybridized carbons (Fsp3) is 0.467. The molecule has 1 unspecified atom stereocenters. The number of nitrogens with zero attached hydrogens (tertiary/aromatic N) is 2. The molecular weight excluding hydrogens is 287 g/mol. The quantitative estimate of drug-likeness (QED) is 0.799. The number of amides is 2. The molecule has 0 aliphatic carbocycles. The van der Waals surface area contributed by atoms with Crippen LogP contribution >= 0.6 is 0 Å². The predicted octanol–water partition coefficient (Wildman–Crippen LogP) is -0.0623. The molecule has 1 atom stereocenters. The number of rotatable bonds is 5. The average Bonchev–Trinajstić information content (AvgIpc) is 2.53. The fourth-order valence-electron chi connectivity index (χ4n) is 2.49. The van der Waals surface area contributed by atoms with E-state index in [-0.39, 0.29) is 18.1 Å². The van der Waals surface area contributed by atoms with Gasteiger partial charge >= 0.3 is 0 Å². The molecule has 1 aromatic rings. The number of benzene rings is 1. The first-order chi connectivity index (χ1) is 10.5. The van der Waals surface area contributed by atoms with Gasteiger partial charge < -0.3 is 20.9 Å². The van der Waals surface area contributed by atoms with Crippen LogP contribution in [0.1, 0.15) is 6.42 Å². The van der Waals surface area contributed by atoms with Crippen molar-refractivity contribution in [3.8, 4) is 0 Å². The van der Waals surface area contributed by atoms with Crippen LogP contribution in [0.5, 0.6) is 0 Å². The molecule has 1 aliphatic rings. The first kappa shape index (κ1) is 16.2. The van der Waals surface area contributed by atoms with E-state index in [4.69, 9.17) is 5.73 Å². The number of carbonyl (C=O) groups excluding carboxylic acids is 2. The van der Waals surface area contributed by atoms with Gasteiger partial charge in [0.15, 0.2) is 0 Å². The smallest absolute Gasteiger partial charge is 0.241 e. The van der Waals surface area contributed by atoms with E-state index in [1.165, 1.54) is 17.0 Å². The van der Waals surface area contributed by atoms with Gasteiger partial charge in [-0.05, 0) is 24.3 Å². The Balaban J connectivity index is 1.91. The predicted molar refractivity (Wildman–Crippen MR) is 81.9 cm³/mol. The zero-order valence-electron chi connectivity index (χ0n) is 12.6. The summed E-state index contributed by atoms with van der Waals surface area (Å²) in [6, 6.07) is 5.51. The third-order valence-corrected chi connectivity index (χ3v) is 3.82. The van der Waals surface area contributed by atoms with Gasteiger partial charge in [-0.3, -0.25) is 9.59 Å². The van der Waals surface area contributed by atoms with Gasteiger partial charge in [-0.1, -0.05) is 0 Å². The van der Waals surface area contributed by atoms with E-state index in [1.54, 1.807) is 12.1 Å². The summed E-state index contributed by atoms with van der Waals surface area (Å²) in [5.74, 6) is -0.884. The second-order valence-electron chi connectivity index (χ2n) is 5.36. The normalized spacial score (nSPS) is 18.1. The van der Waals surface area contributed by atoms with Crippen LogP contribution in [0.4, 0.5) is 10.1 Å². The van der Waals surface area contributed by atoms with Crippen LogP contribution in [-0.4, -0.2) is 56.0 Å². The van der Waals surface area contributed by atoms with Crippen molar-refractivity contribution in [2.45, 2.75) is 12.5 Å². The number of halogens is 1. The van der Waals surface area contributed by atoms with Crippen molar-refractivity contribution in [2.75, 3.05) is 38.1 Å². The summed E-state index contributed by atoms with van der Waals surface area (Å²) in [5, 5.41) is 3.06. The third kappa shape index (κ3) is 3.94. The van der Waals surface area contributed by atoms with Crippen LogP contribution < -0.4 is 16.0 Å². The Morgan fingerprint density at radius 3 is 2.73 bits per heavy atom. The van der Waals surface area contributed by atoms with Gasteiger partial charge in [0.1, 0.15) is 11.9 Å². The molecule has 2 amide bonds. The van der Waals surface area contributed by atoms with Crippen molar-refractivity contribution < 1.29 is 14.0 Å². The Kier molecular flexibility index (Phi) is 5.32. The SMILES string of the molecule is CN(CCC(=O)N1CCNCC1C(N)=O)c1ccc(F)cc1. The Hall–Kier alpha value is -2.15. The van der Waals surface area contributed by atoms with Crippen molar-refractivity contribution in [1.82, 2.24) is 10.2 Å². The molecule has 0 aromatic heterocycles. The highest BCUT2D eigenvalue weighted by Crippen LogP contribution is 2.14. The Bertz CT molecular complexity index is 535. The zero-order chi connectivity index (χ0) is 16.1. The standard InChI is InChI=1S/C15H21FN4O2/c1-19(12-4-2-11(16)3-5-12)8-6-14(21)20-9-7-18-10-13(20)15(17)22/h2-5,13,18H,6-10H2,1H3,(H2,17,22). The number of piperazine rings is 1. The summed E-state index contributed by atoms with van der Waals surface area (Å²) < 4.78 is 12.9. The van der Waals surface area contributed by atoms with Crippen LogP contribution in [0.2, 0.25) is 0 Å². The van der Waals surface area contributed by atoms with E-state index in [0.717, 1.165) is 5.69 Å². The molecule has 1 fully saturated rings. The molecule has 0 radical (unpaired) electrons. The number of nitrogens with one attached hydrogen (secondary N) is 1. The molecule has 2 rings (SSSR count). The molecule has 1 aliphatic heterocycles. The number of hydrogen-bond donors (Lipinski definition) is 2. The summed E-state index contributed by atoms with van der Waals surface area (Å²) in [5.41, 5.74) is 6.17. The monoisotopic (exact) mass is 308 g/mol. The van der Waals surface area contributed by atoms with Gasteiger partial charge in [-0.25, -0.2) is 4.39 Å². The van der Waals surface area contributed by atoms with Crippen molar-refractivity contribution in [3.05, 3.63) is 30.1 Å². The minimum Gasteiger partial charge on any atom is -0.374 e. The van der Waals surface area contributed by atoms with Gasteiger partial charge in [-0.2, -0.15) is 0 Å². The highest BCUT2D eigenvalue weighted by Gasteiger charge is 2.30. The van der Waals surface area contributed by atoms with Gasteiger partial charge in [0.05, 0.1) is 0 Å². The second-order valence-corrected chi connectivity index (χ2v) is 5.36. The van der Waals surface area contributed by atoms with Crippen molar-refractivity contribution in [1.29, 1.82) is 0 Å². The van der Waals surface area contributed by atoms with Crippen LogP contribution in [0.3, 0.4) is 0 Å². The number of carbonyl (C=O) groups is 2. The lowest BCUT2D eigenvalue weighted by molar-refractivity contribution is -0.140. The number of hydrogen-bond acceptors (Lipinski definition) is 4. The topological polar surface area (TPSA) is 78.7 Å². The lowest BCUT2D eigenvalue weighted by Crippen LogP contribution is -2.58. The highest BCUT2D eigenvalue weighted by molar-refractivity contribution is 5.87. The van der Waals surface area contributed by atoms with E-state index in [2.05, 4.69) is 5.32 Å². The zero-order valence-corrected chi connectivity index (χ0v) is 12.6. The third-order valence-electron chi connectivity index (χ3n) is 3.82. The van der Waals surface area contributed by atoms with E-state index in [0.29, 0.717) is 26.2 Å². The highest BCUT2D eigenvalue weighted by atomic mass is 19.1. The summed E-state index contributed by atoms with van der Waals surface area (Å²) in [6.07, 6.45) is 0.275. The van der Waals surface area contributed by atoms with Crippen LogP contribution in [0.15, 0.2) is 24.3 Å². The van der Waals surface area contributed by atoms with E-state index < -0.39 is 11.9 Å². The van der Waals surface area contributed by atoms with Crippen LogP contribution in [0.25, 0.3) is 0 Å². The maximum atomic E-state index is 12.9. The van der Waals surface area contributed by atoms with E-state index in [1.807, 2.05) is 11.9 Å². The molecular formula is C15H21FN4O2. The van der Waals surface area contributed by atoms with Crippen molar-refractivity contribution >= 4 is 17.5 Å². The van der Waals surface area contributed by atoms with Gasteiger partial charge in [0, 0.05) is 45.3 Å². The van der Waals surface area contributed by atoms with Crippen LogP contribution in [0, 0.1) is 5.82 Å². The minimum atomic E-state index is -0.586. The maximum absolute atomic E-state index is 12.9. The maximum Gasteiger partial charge on any atom is 0.241 e. The van der Waals surface area contributed by atoms with Crippen LogP contribution in [-0.2, 0) is 9.59 Å². The van der Waals surface area contributed by atoms with Gasteiger partial charge in [0.2, 0.25) is 11.8 Å². The van der Waals surface area contributed by atoms with E-state index in [9.17, 15) is 14.0 Å². The summed E-state index contributed by atoms with van der Waals surface area (Å²) >= 11 is 0. The Morgan fingerprint density at radius 2 is 2.09 bits per heavy atom. The molecule has 120 valence electrons. The molecule has 1 heterocycles. The summed E-state index contributed by atoms with van der Waals surface area (Å²) in [6.45, 7) is 2.02. The summed E-state index contributed by atoms with van der Waals surface area (Å²) in [7, 11) is 1.84. The second kappa shape index (κ2) is 7.22. The first-order valence-electron chi connectivity index (χ1n) is 7.25. The molecule has 1 saturated heterocycles. The first-order valence-corrected chi connectivity index (χ1v) is 7.25.